The third-order valence-electron chi connectivity index (χ3n) is 4.37. The minimum absolute atomic E-state index is 0.467. The van der Waals surface area contributed by atoms with Crippen molar-refractivity contribution in [3.63, 3.8) is 0 Å². The second kappa shape index (κ2) is 6.46. The molecule has 0 amide bonds. The molecular formula is C22H14N4O. The highest BCUT2D eigenvalue weighted by atomic mass is 16.4. The molecule has 0 aliphatic rings. The maximum Gasteiger partial charge on any atom is 0.248 e. The summed E-state index contributed by atoms with van der Waals surface area (Å²) in [6, 6.07) is 23.7. The number of para-hydroxylation sites is 1. The standard InChI is InChI=1S/C22H14N4O/c1-2-6-15(7-3-1)20-14-18(17-8-4-5-9-19(17)24-20)22-26-25-21(27-22)16-10-12-23-13-11-16/h1-14H. The molecule has 5 nitrogen and oxygen atoms in total. The van der Waals surface area contributed by atoms with E-state index in [9.17, 15) is 0 Å². The molecule has 0 fully saturated rings. The fourth-order valence-electron chi connectivity index (χ4n) is 3.05. The number of nitrogens with zero attached hydrogens (tertiary/aromatic N) is 4. The van der Waals surface area contributed by atoms with Crippen LogP contribution in [0.25, 0.3) is 45.1 Å². The van der Waals surface area contributed by atoms with Gasteiger partial charge < -0.3 is 4.42 Å². The average Bonchev–Trinajstić information content (AvgIpc) is 3.24. The normalized spacial score (nSPS) is 11.0. The van der Waals surface area contributed by atoms with Gasteiger partial charge in [-0.15, -0.1) is 10.2 Å². The summed E-state index contributed by atoms with van der Waals surface area (Å²) in [6.45, 7) is 0. The monoisotopic (exact) mass is 350 g/mol. The third-order valence-corrected chi connectivity index (χ3v) is 4.37. The summed E-state index contributed by atoms with van der Waals surface area (Å²) >= 11 is 0. The van der Waals surface area contributed by atoms with Gasteiger partial charge in [0.15, 0.2) is 0 Å². The minimum Gasteiger partial charge on any atom is -0.416 e. The van der Waals surface area contributed by atoms with E-state index >= 15 is 0 Å². The van der Waals surface area contributed by atoms with E-state index in [4.69, 9.17) is 9.40 Å². The lowest BCUT2D eigenvalue weighted by Gasteiger charge is -2.07. The van der Waals surface area contributed by atoms with Crippen LogP contribution < -0.4 is 0 Å². The van der Waals surface area contributed by atoms with Gasteiger partial charge in [-0.1, -0.05) is 48.5 Å². The number of benzene rings is 2. The molecule has 0 aliphatic heterocycles. The van der Waals surface area contributed by atoms with Gasteiger partial charge >= 0.3 is 0 Å². The molecule has 0 bridgehead atoms. The SMILES string of the molecule is c1ccc(-c2cc(-c3nnc(-c4ccncc4)o3)c3ccccc3n2)cc1. The van der Waals surface area contributed by atoms with Gasteiger partial charge in [0.25, 0.3) is 0 Å². The summed E-state index contributed by atoms with van der Waals surface area (Å²) < 4.78 is 5.98. The lowest BCUT2D eigenvalue weighted by molar-refractivity contribution is 0.585. The first-order valence-electron chi connectivity index (χ1n) is 8.58. The second-order valence-corrected chi connectivity index (χ2v) is 6.09. The highest BCUT2D eigenvalue weighted by Crippen LogP contribution is 2.32. The van der Waals surface area contributed by atoms with Crippen molar-refractivity contribution in [3.05, 3.63) is 85.2 Å². The van der Waals surface area contributed by atoms with Crippen molar-refractivity contribution in [1.29, 1.82) is 0 Å². The van der Waals surface area contributed by atoms with Crippen molar-refractivity contribution in [2.45, 2.75) is 0 Å². The van der Waals surface area contributed by atoms with Gasteiger partial charge in [0.05, 0.1) is 16.8 Å². The Labute approximate surface area is 155 Å². The van der Waals surface area contributed by atoms with Gasteiger partial charge in [-0.3, -0.25) is 4.98 Å². The van der Waals surface area contributed by atoms with E-state index in [0.29, 0.717) is 11.8 Å². The van der Waals surface area contributed by atoms with E-state index < -0.39 is 0 Å². The molecule has 0 saturated heterocycles. The number of fused-ring (bicyclic) bond motifs is 1. The van der Waals surface area contributed by atoms with E-state index in [2.05, 4.69) is 15.2 Å². The summed E-state index contributed by atoms with van der Waals surface area (Å²) in [5, 5.41) is 9.46. The molecule has 128 valence electrons. The Bertz CT molecular complexity index is 1220. The Morgan fingerprint density at radius 1 is 0.667 bits per heavy atom. The first-order valence-corrected chi connectivity index (χ1v) is 8.58. The predicted octanol–water partition coefficient (Wildman–Crippen LogP) is 5.01. The molecule has 27 heavy (non-hydrogen) atoms. The number of aromatic nitrogens is 4. The smallest absolute Gasteiger partial charge is 0.248 e. The minimum atomic E-state index is 0.467. The van der Waals surface area contributed by atoms with Crippen LogP contribution in [0.3, 0.4) is 0 Å². The maximum absolute atomic E-state index is 5.98. The Balaban J connectivity index is 1.70. The van der Waals surface area contributed by atoms with Gasteiger partial charge in [0.1, 0.15) is 0 Å². The molecule has 0 N–H and O–H groups in total. The highest BCUT2D eigenvalue weighted by molar-refractivity contribution is 5.94. The first kappa shape index (κ1) is 15.4. The van der Waals surface area contributed by atoms with E-state index in [1.807, 2.05) is 72.8 Å². The molecular weight excluding hydrogens is 336 g/mol. The maximum atomic E-state index is 5.98. The van der Waals surface area contributed by atoms with Crippen LogP contribution in [-0.4, -0.2) is 20.2 Å². The van der Waals surface area contributed by atoms with E-state index in [0.717, 1.165) is 33.3 Å². The Morgan fingerprint density at radius 3 is 2.26 bits per heavy atom. The van der Waals surface area contributed by atoms with Crippen molar-refractivity contribution >= 4 is 10.9 Å². The van der Waals surface area contributed by atoms with Gasteiger partial charge in [0, 0.05) is 28.9 Å². The van der Waals surface area contributed by atoms with Gasteiger partial charge in [-0.25, -0.2) is 4.98 Å². The van der Waals surface area contributed by atoms with Crippen LogP contribution in [0.1, 0.15) is 0 Å². The number of hydrogen-bond donors (Lipinski definition) is 0. The molecule has 5 rings (SSSR count). The zero-order chi connectivity index (χ0) is 18.1. The lowest BCUT2D eigenvalue weighted by atomic mass is 10.0. The van der Waals surface area contributed by atoms with Crippen LogP contribution in [0.4, 0.5) is 0 Å². The molecule has 0 aliphatic carbocycles. The summed E-state index contributed by atoms with van der Waals surface area (Å²) in [6.07, 6.45) is 3.41. The van der Waals surface area contributed by atoms with Crippen molar-refractivity contribution < 1.29 is 4.42 Å². The summed E-state index contributed by atoms with van der Waals surface area (Å²) in [5.74, 6) is 0.937. The molecule has 3 aromatic heterocycles. The summed E-state index contributed by atoms with van der Waals surface area (Å²) in [7, 11) is 0. The van der Waals surface area contributed by atoms with E-state index in [1.165, 1.54) is 0 Å². The fourth-order valence-corrected chi connectivity index (χ4v) is 3.05. The van der Waals surface area contributed by atoms with Gasteiger partial charge in [-0.05, 0) is 24.3 Å². The van der Waals surface area contributed by atoms with Crippen LogP contribution in [0.5, 0.6) is 0 Å². The molecule has 2 aromatic carbocycles. The molecule has 0 spiro atoms. The lowest BCUT2D eigenvalue weighted by Crippen LogP contribution is -1.89. The number of hydrogen-bond acceptors (Lipinski definition) is 5. The zero-order valence-corrected chi connectivity index (χ0v) is 14.3. The average molecular weight is 350 g/mol. The van der Waals surface area contributed by atoms with Crippen molar-refractivity contribution in [3.8, 4) is 34.2 Å². The second-order valence-electron chi connectivity index (χ2n) is 6.09. The fraction of sp³-hybridized carbons (Fsp3) is 0. The topological polar surface area (TPSA) is 64.7 Å². The van der Waals surface area contributed by atoms with Crippen LogP contribution >= 0.6 is 0 Å². The summed E-state index contributed by atoms with van der Waals surface area (Å²) in [4.78, 5) is 8.82. The molecule has 3 heterocycles. The van der Waals surface area contributed by atoms with Crippen LogP contribution in [-0.2, 0) is 0 Å². The first-order chi connectivity index (χ1) is 13.4. The Kier molecular flexibility index (Phi) is 3.68. The van der Waals surface area contributed by atoms with E-state index in [1.54, 1.807) is 12.4 Å². The number of rotatable bonds is 3. The van der Waals surface area contributed by atoms with Gasteiger partial charge in [-0.2, -0.15) is 0 Å². The van der Waals surface area contributed by atoms with Crippen LogP contribution in [0, 0.1) is 0 Å². The Hall–Kier alpha value is -3.86. The zero-order valence-electron chi connectivity index (χ0n) is 14.3. The van der Waals surface area contributed by atoms with Crippen molar-refractivity contribution in [1.82, 2.24) is 20.2 Å². The third kappa shape index (κ3) is 2.85. The van der Waals surface area contributed by atoms with Crippen molar-refractivity contribution in [2.75, 3.05) is 0 Å². The molecule has 5 heteroatoms. The summed E-state index contributed by atoms with van der Waals surface area (Å²) in [5.41, 5.74) is 4.50. The molecule has 5 aromatic rings. The van der Waals surface area contributed by atoms with Crippen LogP contribution in [0.15, 0.2) is 89.6 Å². The predicted molar refractivity (Wildman–Crippen MR) is 104 cm³/mol. The van der Waals surface area contributed by atoms with Crippen LogP contribution in [0.2, 0.25) is 0 Å². The largest absolute Gasteiger partial charge is 0.416 e. The molecule has 0 atom stereocenters. The highest BCUT2D eigenvalue weighted by Gasteiger charge is 2.15. The molecule has 0 radical (unpaired) electrons. The molecule has 0 unspecified atom stereocenters. The molecule has 0 saturated carbocycles. The van der Waals surface area contributed by atoms with E-state index in [-0.39, 0.29) is 0 Å². The van der Waals surface area contributed by atoms with Crippen molar-refractivity contribution in [2.24, 2.45) is 0 Å². The quantitative estimate of drug-likeness (QED) is 0.457. The Morgan fingerprint density at radius 2 is 1.41 bits per heavy atom. The van der Waals surface area contributed by atoms with Gasteiger partial charge in [0.2, 0.25) is 11.8 Å². The number of pyridine rings is 2.